The van der Waals surface area contributed by atoms with Crippen molar-refractivity contribution in [3.05, 3.63) is 18.2 Å². The second-order valence-corrected chi connectivity index (χ2v) is 4.32. The van der Waals surface area contributed by atoms with Gasteiger partial charge in [0.25, 0.3) is 0 Å². The summed E-state index contributed by atoms with van der Waals surface area (Å²) in [6.07, 6.45) is 3.89. The van der Waals surface area contributed by atoms with E-state index in [-0.39, 0.29) is 12.1 Å². The Balaban J connectivity index is 2.29. The van der Waals surface area contributed by atoms with E-state index in [0.717, 1.165) is 26.2 Å². The number of imidazole rings is 1. The van der Waals surface area contributed by atoms with Crippen molar-refractivity contribution in [1.29, 1.82) is 0 Å². The largest absolute Gasteiger partial charge is 0.374 e. The molecule has 0 spiro atoms. The van der Waals surface area contributed by atoms with Crippen LogP contribution < -0.4 is 5.73 Å². The molecule has 0 radical (unpaired) electrons. The number of rotatable bonds is 4. The van der Waals surface area contributed by atoms with Crippen LogP contribution in [0.4, 0.5) is 0 Å². The predicted molar refractivity (Wildman–Crippen MR) is 66.7 cm³/mol. The normalized spacial score (nSPS) is 26.3. The van der Waals surface area contributed by atoms with Crippen molar-refractivity contribution in [2.75, 3.05) is 26.2 Å². The van der Waals surface area contributed by atoms with Gasteiger partial charge in [-0.05, 0) is 13.5 Å². The second kappa shape index (κ2) is 5.62. The summed E-state index contributed by atoms with van der Waals surface area (Å²) >= 11 is 0. The van der Waals surface area contributed by atoms with Crippen LogP contribution in [-0.4, -0.2) is 46.8 Å². The summed E-state index contributed by atoms with van der Waals surface area (Å²) in [5.41, 5.74) is 7.04. The highest BCUT2D eigenvalue weighted by atomic mass is 16.5. The molecule has 17 heavy (non-hydrogen) atoms. The molecule has 2 heterocycles. The number of nitrogens with two attached hydrogens (primary N) is 1. The Morgan fingerprint density at radius 3 is 2.94 bits per heavy atom. The van der Waals surface area contributed by atoms with Crippen molar-refractivity contribution in [3.8, 4) is 0 Å². The average molecular weight is 238 g/mol. The highest BCUT2D eigenvalue weighted by Crippen LogP contribution is 2.28. The highest BCUT2D eigenvalue weighted by Gasteiger charge is 2.33. The van der Waals surface area contributed by atoms with Crippen LogP contribution in [-0.2, 0) is 11.3 Å². The van der Waals surface area contributed by atoms with Gasteiger partial charge in [0.05, 0.1) is 30.8 Å². The first-order valence-electron chi connectivity index (χ1n) is 6.37. The molecule has 1 saturated heterocycles. The molecule has 0 aromatic carbocycles. The first kappa shape index (κ1) is 12.5. The predicted octanol–water partition coefficient (Wildman–Crippen LogP) is 0.624. The molecule has 1 aliphatic rings. The van der Waals surface area contributed by atoms with E-state index >= 15 is 0 Å². The van der Waals surface area contributed by atoms with E-state index in [2.05, 4.69) is 28.3 Å². The van der Waals surface area contributed by atoms with Crippen LogP contribution in [0.3, 0.4) is 0 Å². The number of hydrogen-bond acceptors (Lipinski definition) is 4. The summed E-state index contributed by atoms with van der Waals surface area (Å²) < 4.78 is 7.96. The van der Waals surface area contributed by atoms with Crippen LogP contribution in [0.2, 0.25) is 0 Å². The first-order valence-corrected chi connectivity index (χ1v) is 6.37. The minimum Gasteiger partial charge on any atom is -0.374 e. The lowest BCUT2D eigenvalue weighted by Crippen LogP contribution is -2.48. The van der Waals surface area contributed by atoms with E-state index in [9.17, 15) is 0 Å². The zero-order valence-corrected chi connectivity index (χ0v) is 10.7. The fraction of sp³-hybridized carbons (Fsp3) is 0.750. The lowest BCUT2D eigenvalue weighted by atomic mass is 10.0. The molecule has 2 rings (SSSR count). The van der Waals surface area contributed by atoms with Gasteiger partial charge < -0.3 is 15.0 Å². The molecule has 2 N–H and O–H groups in total. The fourth-order valence-electron chi connectivity index (χ4n) is 2.56. The molecule has 1 aromatic rings. The minimum atomic E-state index is 0.0747. The van der Waals surface area contributed by atoms with Gasteiger partial charge in [-0.3, -0.25) is 4.90 Å². The summed E-state index contributed by atoms with van der Waals surface area (Å²) in [7, 11) is 0. The summed E-state index contributed by atoms with van der Waals surface area (Å²) in [4.78, 5) is 6.67. The molecule has 0 bridgehead atoms. The SMILES string of the molecule is CCN1CCOC(CN)C1c1cncn1CC. The second-order valence-electron chi connectivity index (χ2n) is 4.32. The van der Waals surface area contributed by atoms with Gasteiger partial charge in [-0.25, -0.2) is 4.98 Å². The Bertz CT molecular complexity index is 340. The van der Waals surface area contributed by atoms with Gasteiger partial charge in [0, 0.05) is 25.8 Å². The Morgan fingerprint density at radius 1 is 1.47 bits per heavy atom. The molecule has 5 nitrogen and oxygen atoms in total. The quantitative estimate of drug-likeness (QED) is 0.835. The lowest BCUT2D eigenvalue weighted by molar-refractivity contribution is -0.0681. The summed E-state index contributed by atoms with van der Waals surface area (Å²) in [6.45, 7) is 8.54. The number of nitrogens with zero attached hydrogens (tertiary/aromatic N) is 3. The van der Waals surface area contributed by atoms with E-state index in [1.807, 2.05) is 12.5 Å². The molecule has 0 aliphatic carbocycles. The van der Waals surface area contributed by atoms with Gasteiger partial charge in [0.15, 0.2) is 0 Å². The van der Waals surface area contributed by atoms with Crippen molar-refractivity contribution in [2.24, 2.45) is 5.73 Å². The number of aryl methyl sites for hydroxylation is 1. The van der Waals surface area contributed by atoms with Crippen LogP contribution in [0.5, 0.6) is 0 Å². The van der Waals surface area contributed by atoms with Gasteiger partial charge in [0.2, 0.25) is 0 Å². The van der Waals surface area contributed by atoms with E-state index < -0.39 is 0 Å². The van der Waals surface area contributed by atoms with Gasteiger partial charge in [-0.15, -0.1) is 0 Å². The van der Waals surface area contributed by atoms with Crippen molar-refractivity contribution in [1.82, 2.24) is 14.5 Å². The van der Waals surface area contributed by atoms with Gasteiger partial charge >= 0.3 is 0 Å². The van der Waals surface area contributed by atoms with Gasteiger partial charge in [-0.1, -0.05) is 6.92 Å². The third kappa shape index (κ3) is 2.36. The smallest absolute Gasteiger partial charge is 0.0948 e. The summed E-state index contributed by atoms with van der Waals surface area (Å²) in [5.74, 6) is 0. The topological polar surface area (TPSA) is 56.3 Å². The van der Waals surface area contributed by atoms with Crippen LogP contribution in [0.15, 0.2) is 12.5 Å². The number of morpholine rings is 1. The van der Waals surface area contributed by atoms with E-state index in [1.165, 1.54) is 5.69 Å². The zero-order chi connectivity index (χ0) is 12.3. The molecule has 2 unspecified atom stereocenters. The van der Waals surface area contributed by atoms with Crippen LogP contribution in [0.1, 0.15) is 25.6 Å². The fourth-order valence-corrected chi connectivity index (χ4v) is 2.56. The monoisotopic (exact) mass is 238 g/mol. The van der Waals surface area contributed by atoms with Crippen LogP contribution in [0.25, 0.3) is 0 Å². The molecule has 1 fully saturated rings. The zero-order valence-electron chi connectivity index (χ0n) is 10.7. The number of ether oxygens (including phenoxy) is 1. The number of aromatic nitrogens is 2. The minimum absolute atomic E-state index is 0.0747. The Labute approximate surface area is 103 Å². The highest BCUT2D eigenvalue weighted by molar-refractivity contribution is 5.10. The molecule has 1 aliphatic heterocycles. The number of hydrogen-bond donors (Lipinski definition) is 1. The molecule has 0 amide bonds. The van der Waals surface area contributed by atoms with E-state index in [0.29, 0.717) is 6.54 Å². The maximum atomic E-state index is 5.83. The average Bonchev–Trinajstić information content (AvgIpc) is 2.85. The maximum Gasteiger partial charge on any atom is 0.0948 e. The molecular formula is C12H22N4O. The van der Waals surface area contributed by atoms with Crippen LogP contribution >= 0.6 is 0 Å². The third-order valence-corrected chi connectivity index (χ3v) is 3.48. The molecule has 2 atom stereocenters. The number of likely N-dealkylation sites (N-methyl/N-ethyl adjacent to an activating group) is 1. The Kier molecular flexibility index (Phi) is 4.15. The maximum absolute atomic E-state index is 5.83. The first-order chi connectivity index (χ1) is 8.31. The lowest BCUT2D eigenvalue weighted by Gasteiger charge is -2.40. The Morgan fingerprint density at radius 2 is 2.29 bits per heavy atom. The van der Waals surface area contributed by atoms with E-state index in [4.69, 9.17) is 10.5 Å². The molecule has 0 saturated carbocycles. The van der Waals surface area contributed by atoms with Crippen molar-refractivity contribution in [3.63, 3.8) is 0 Å². The summed E-state index contributed by atoms with van der Waals surface area (Å²) in [5, 5.41) is 0. The van der Waals surface area contributed by atoms with E-state index in [1.54, 1.807) is 0 Å². The van der Waals surface area contributed by atoms with Crippen LogP contribution in [0, 0.1) is 0 Å². The summed E-state index contributed by atoms with van der Waals surface area (Å²) in [6, 6.07) is 0.237. The molecule has 1 aromatic heterocycles. The molecular weight excluding hydrogens is 216 g/mol. The van der Waals surface area contributed by atoms with Gasteiger partial charge in [-0.2, -0.15) is 0 Å². The Hall–Kier alpha value is -0.910. The van der Waals surface area contributed by atoms with Crippen molar-refractivity contribution in [2.45, 2.75) is 32.5 Å². The van der Waals surface area contributed by atoms with Gasteiger partial charge in [0.1, 0.15) is 0 Å². The third-order valence-electron chi connectivity index (χ3n) is 3.48. The standard InChI is InChI=1S/C12H22N4O/c1-3-15-5-6-17-11(7-13)12(15)10-8-14-9-16(10)4-2/h8-9,11-12H,3-7,13H2,1-2H3. The van der Waals surface area contributed by atoms with Crippen molar-refractivity contribution < 1.29 is 4.74 Å². The molecule has 96 valence electrons. The van der Waals surface area contributed by atoms with Crippen molar-refractivity contribution >= 4 is 0 Å². The molecule has 5 heteroatoms.